The van der Waals surface area contributed by atoms with Gasteiger partial charge < -0.3 is 0 Å². The highest BCUT2D eigenvalue weighted by molar-refractivity contribution is 5.73. The highest BCUT2D eigenvalue weighted by Gasteiger charge is 2.01. The van der Waals surface area contributed by atoms with E-state index in [9.17, 15) is 14.9 Å². The first kappa shape index (κ1) is 9.12. The summed E-state index contributed by atoms with van der Waals surface area (Å²) in [6.07, 6.45) is 3.57. The van der Waals surface area contributed by atoms with Crippen molar-refractivity contribution < 1.29 is 9.72 Å². The zero-order chi connectivity index (χ0) is 9.68. The quantitative estimate of drug-likeness (QED) is 0.306. The van der Waals surface area contributed by atoms with E-state index in [1.165, 1.54) is 18.2 Å². The van der Waals surface area contributed by atoms with E-state index >= 15 is 0 Å². The number of hydrogen-bond donors (Lipinski definition) is 0. The lowest BCUT2D eigenvalue weighted by atomic mass is 10.2. The van der Waals surface area contributed by atoms with Gasteiger partial charge in [-0.15, -0.1) is 0 Å². The molecule has 0 radical (unpaired) electrons. The van der Waals surface area contributed by atoms with Crippen LogP contribution in [-0.2, 0) is 4.79 Å². The van der Waals surface area contributed by atoms with Gasteiger partial charge in [0.05, 0.1) is 4.92 Å². The Kier molecular flexibility index (Phi) is 2.92. The Balaban J connectivity index is 2.87. The Labute approximate surface area is 74.7 Å². The number of nitro groups is 1. The third kappa shape index (κ3) is 2.52. The predicted molar refractivity (Wildman–Crippen MR) is 48.2 cm³/mol. The average molecular weight is 177 g/mol. The van der Waals surface area contributed by atoms with Gasteiger partial charge in [0.1, 0.15) is 6.29 Å². The van der Waals surface area contributed by atoms with Gasteiger partial charge in [-0.05, 0) is 23.8 Å². The number of rotatable bonds is 3. The van der Waals surface area contributed by atoms with E-state index in [0.717, 1.165) is 5.56 Å². The zero-order valence-corrected chi connectivity index (χ0v) is 6.71. The molecule has 0 aliphatic carbocycles. The minimum Gasteiger partial charge on any atom is -0.299 e. The predicted octanol–water partition coefficient (Wildman–Crippen LogP) is 1.81. The third-order valence-corrected chi connectivity index (χ3v) is 1.47. The van der Waals surface area contributed by atoms with Crippen molar-refractivity contribution in [3.63, 3.8) is 0 Å². The highest BCUT2D eigenvalue weighted by atomic mass is 16.6. The molecule has 0 aliphatic heterocycles. The van der Waals surface area contributed by atoms with Crippen LogP contribution in [0.2, 0.25) is 0 Å². The lowest BCUT2D eigenvalue weighted by molar-refractivity contribution is -0.384. The molecule has 0 bridgehead atoms. The number of carbonyl (C=O) groups excluding carboxylic acids is 1. The molecule has 0 spiro atoms. The van der Waals surface area contributed by atoms with Crippen LogP contribution in [0.4, 0.5) is 5.69 Å². The second-order valence-electron chi connectivity index (χ2n) is 2.34. The monoisotopic (exact) mass is 177 g/mol. The van der Waals surface area contributed by atoms with Crippen molar-refractivity contribution in [1.29, 1.82) is 0 Å². The number of benzene rings is 1. The fraction of sp³-hybridized carbons (Fsp3) is 0. The van der Waals surface area contributed by atoms with Crippen LogP contribution in [0.25, 0.3) is 6.08 Å². The summed E-state index contributed by atoms with van der Waals surface area (Å²) in [7, 11) is 0. The van der Waals surface area contributed by atoms with Gasteiger partial charge in [-0.3, -0.25) is 14.9 Å². The largest absolute Gasteiger partial charge is 0.299 e. The van der Waals surface area contributed by atoms with Gasteiger partial charge in [0, 0.05) is 12.1 Å². The van der Waals surface area contributed by atoms with Crippen molar-refractivity contribution in [1.82, 2.24) is 0 Å². The van der Waals surface area contributed by atoms with Crippen molar-refractivity contribution in [2.45, 2.75) is 0 Å². The minimum atomic E-state index is -0.465. The fourth-order valence-electron chi connectivity index (χ4n) is 0.858. The van der Waals surface area contributed by atoms with Crippen molar-refractivity contribution in [2.24, 2.45) is 0 Å². The standard InChI is InChI=1S/C9H7NO3/c11-7-1-2-8-3-5-9(6-4-8)10(12)13/h1-7H/b2-1-. The van der Waals surface area contributed by atoms with Crippen molar-refractivity contribution in [3.05, 3.63) is 46.0 Å². The van der Waals surface area contributed by atoms with Gasteiger partial charge >= 0.3 is 0 Å². The number of aldehydes is 1. The molecule has 0 heterocycles. The van der Waals surface area contributed by atoms with Gasteiger partial charge in [0.25, 0.3) is 5.69 Å². The van der Waals surface area contributed by atoms with Crippen molar-refractivity contribution >= 4 is 18.0 Å². The molecular formula is C9H7NO3. The Hall–Kier alpha value is -1.97. The van der Waals surface area contributed by atoms with Gasteiger partial charge in [-0.25, -0.2) is 0 Å². The summed E-state index contributed by atoms with van der Waals surface area (Å²) in [5.41, 5.74) is 0.806. The van der Waals surface area contributed by atoms with E-state index in [-0.39, 0.29) is 5.69 Å². The molecule has 0 atom stereocenters. The van der Waals surface area contributed by atoms with E-state index < -0.39 is 4.92 Å². The van der Waals surface area contributed by atoms with E-state index in [1.54, 1.807) is 18.2 Å². The molecule has 0 unspecified atom stereocenters. The van der Waals surface area contributed by atoms with Gasteiger partial charge in [-0.2, -0.15) is 0 Å². The highest BCUT2D eigenvalue weighted by Crippen LogP contribution is 2.12. The molecule has 4 heteroatoms. The van der Waals surface area contributed by atoms with Crippen molar-refractivity contribution in [3.8, 4) is 0 Å². The second-order valence-corrected chi connectivity index (χ2v) is 2.34. The molecule has 1 aromatic rings. The van der Waals surface area contributed by atoms with Crippen LogP contribution in [0.5, 0.6) is 0 Å². The van der Waals surface area contributed by atoms with Crippen LogP contribution in [0.1, 0.15) is 5.56 Å². The summed E-state index contributed by atoms with van der Waals surface area (Å²) >= 11 is 0. The molecule has 0 fully saturated rings. The maximum atomic E-state index is 10.3. The number of nitrogens with zero attached hydrogens (tertiary/aromatic N) is 1. The Morgan fingerprint density at radius 1 is 1.23 bits per heavy atom. The molecule has 66 valence electrons. The molecule has 0 saturated carbocycles. The van der Waals surface area contributed by atoms with Crippen LogP contribution in [0, 0.1) is 10.1 Å². The molecule has 13 heavy (non-hydrogen) atoms. The second kappa shape index (κ2) is 4.15. The number of allylic oxidation sites excluding steroid dienone is 1. The van der Waals surface area contributed by atoms with Crippen LogP contribution in [-0.4, -0.2) is 11.2 Å². The van der Waals surface area contributed by atoms with Gasteiger partial charge in [0.15, 0.2) is 0 Å². The van der Waals surface area contributed by atoms with Gasteiger partial charge in [-0.1, -0.05) is 6.08 Å². The molecule has 0 amide bonds. The third-order valence-electron chi connectivity index (χ3n) is 1.47. The number of nitro benzene ring substituents is 1. The Bertz CT molecular complexity index is 340. The summed E-state index contributed by atoms with van der Waals surface area (Å²) in [6.45, 7) is 0. The van der Waals surface area contributed by atoms with E-state index in [1.807, 2.05) is 0 Å². The summed E-state index contributed by atoms with van der Waals surface area (Å²) in [6, 6.07) is 5.95. The molecular weight excluding hydrogens is 170 g/mol. The van der Waals surface area contributed by atoms with E-state index in [2.05, 4.69) is 0 Å². The average Bonchev–Trinajstić information content (AvgIpc) is 2.15. The smallest absolute Gasteiger partial charge is 0.269 e. The minimum absolute atomic E-state index is 0.0447. The molecule has 4 nitrogen and oxygen atoms in total. The Morgan fingerprint density at radius 3 is 2.31 bits per heavy atom. The lowest BCUT2D eigenvalue weighted by Crippen LogP contribution is -1.86. The molecule has 0 aliphatic rings. The SMILES string of the molecule is O=C/C=C\c1ccc([N+](=O)[O-])cc1. The Morgan fingerprint density at radius 2 is 1.85 bits per heavy atom. The number of carbonyl (C=O) groups is 1. The maximum absolute atomic E-state index is 10.3. The van der Waals surface area contributed by atoms with E-state index in [4.69, 9.17) is 0 Å². The number of non-ortho nitro benzene ring substituents is 1. The van der Waals surface area contributed by atoms with Crippen LogP contribution >= 0.6 is 0 Å². The summed E-state index contributed by atoms with van der Waals surface area (Å²) < 4.78 is 0. The van der Waals surface area contributed by atoms with Crippen LogP contribution in [0.3, 0.4) is 0 Å². The zero-order valence-electron chi connectivity index (χ0n) is 6.71. The molecule has 1 rings (SSSR count). The number of hydrogen-bond acceptors (Lipinski definition) is 3. The normalized spacial score (nSPS) is 10.2. The van der Waals surface area contributed by atoms with Crippen LogP contribution in [0.15, 0.2) is 30.3 Å². The topological polar surface area (TPSA) is 60.2 Å². The fourth-order valence-corrected chi connectivity index (χ4v) is 0.858. The molecule has 0 saturated heterocycles. The molecule has 1 aromatic carbocycles. The van der Waals surface area contributed by atoms with Crippen molar-refractivity contribution in [2.75, 3.05) is 0 Å². The summed E-state index contributed by atoms with van der Waals surface area (Å²) in [4.78, 5) is 19.8. The first-order valence-corrected chi connectivity index (χ1v) is 3.60. The van der Waals surface area contributed by atoms with Gasteiger partial charge in [0.2, 0.25) is 0 Å². The molecule has 0 aromatic heterocycles. The first-order chi connectivity index (χ1) is 6.24. The summed E-state index contributed by atoms with van der Waals surface area (Å²) in [5, 5.41) is 10.3. The van der Waals surface area contributed by atoms with Crippen LogP contribution < -0.4 is 0 Å². The lowest BCUT2D eigenvalue weighted by Gasteiger charge is -1.91. The summed E-state index contributed by atoms with van der Waals surface area (Å²) in [5.74, 6) is 0. The maximum Gasteiger partial charge on any atom is 0.269 e. The first-order valence-electron chi connectivity index (χ1n) is 3.60. The molecule has 0 N–H and O–H groups in total. The van der Waals surface area contributed by atoms with E-state index in [0.29, 0.717) is 6.29 Å².